The van der Waals surface area contributed by atoms with Gasteiger partial charge >= 0.3 is 0 Å². The standard InChI is InChI=1S/C23H22ClN5O2S/c1-23(14-25,16-5-6-16)26-20(30)13-32-22-28-27-21(15-3-11-19(31-2)12-4-15)29(22)18-9-7-17(24)8-10-18/h3-4,7-12,16H,5-6,13H2,1-2H3,(H,26,30). The fraction of sp³-hybridized carbons (Fsp3) is 0.304. The summed E-state index contributed by atoms with van der Waals surface area (Å²) in [5.41, 5.74) is 0.860. The molecule has 3 aromatic rings. The quantitative estimate of drug-likeness (QED) is 0.490. The number of nitriles is 1. The van der Waals surface area contributed by atoms with Gasteiger partial charge in [-0.15, -0.1) is 10.2 Å². The Morgan fingerprint density at radius 2 is 1.94 bits per heavy atom. The summed E-state index contributed by atoms with van der Waals surface area (Å²) in [6.07, 6.45) is 1.93. The molecule has 1 amide bonds. The molecule has 9 heteroatoms. The van der Waals surface area contributed by atoms with E-state index in [1.165, 1.54) is 11.8 Å². The average molecular weight is 468 g/mol. The Labute approximate surface area is 195 Å². The number of rotatable bonds is 8. The number of benzene rings is 2. The summed E-state index contributed by atoms with van der Waals surface area (Å²) in [6, 6.07) is 17.1. The van der Waals surface area contributed by atoms with Crippen molar-refractivity contribution in [2.45, 2.75) is 30.5 Å². The molecule has 0 radical (unpaired) electrons. The Morgan fingerprint density at radius 3 is 2.53 bits per heavy atom. The van der Waals surface area contributed by atoms with Gasteiger partial charge in [0.1, 0.15) is 11.3 Å². The fourth-order valence-electron chi connectivity index (χ4n) is 3.45. The molecule has 0 bridgehead atoms. The maximum absolute atomic E-state index is 12.6. The second-order valence-corrected chi connectivity index (χ2v) is 9.15. The molecule has 2 aromatic carbocycles. The van der Waals surface area contributed by atoms with Gasteiger partial charge in [0.2, 0.25) is 5.91 Å². The first-order valence-corrected chi connectivity index (χ1v) is 11.5. The number of methoxy groups -OCH3 is 1. The van der Waals surface area contributed by atoms with Gasteiger partial charge in [-0.2, -0.15) is 5.26 Å². The molecule has 1 aliphatic rings. The molecule has 1 unspecified atom stereocenters. The molecule has 4 rings (SSSR count). The van der Waals surface area contributed by atoms with Gasteiger partial charge in [-0.1, -0.05) is 23.4 Å². The first kappa shape index (κ1) is 22.2. The van der Waals surface area contributed by atoms with Gasteiger partial charge in [0.15, 0.2) is 11.0 Å². The van der Waals surface area contributed by atoms with Crippen molar-refractivity contribution in [3.63, 3.8) is 0 Å². The number of nitrogens with one attached hydrogen (secondary N) is 1. The summed E-state index contributed by atoms with van der Waals surface area (Å²) in [6.45, 7) is 1.78. The molecular formula is C23H22ClN5O2S. The van der Waals surface area contributed by atoms with Gasteiger partial charge in [0.25, 0.3) is 0 Å². The molecule has 1 saturated carbocycles. The van der Waals surface area contributed by atoms with Crippen LogP contribution in [0, 0.1) is 17.2 Å². The molecule has 1 fully saturated rings. The number of amides is 1. The SMILES string of the molecule is COc1ccc(-c2nnc(SCC(=O)NC(C)(C#N)C3CC3)n2-c2ccc(Cl)cc2)cc1. The number of ether oxygens (including phenoxy) is 1. The number of hydrogen-bond acceptors (Lipinski definition) is 6. The molecule has 1 heterocycles. The summed E-state index contributed by atoms with van der Waals surface area (Å²) in [5, 5.41) is 22.3. The highest BCUT2D eigenvalue weighted by Crippen LogP contribution is 2.39. The largest absolute Gasteiger partial charge is 0.497 e. The molecular weight excluding hydrogens is 446 g/mol. The Kier molecular flexibility index (Phi) is 6.40. The number of nitrogens with zero attached hydrogens (tertiary/aromatic N) is 4. The van der Waals surface area contributed by atoms with Gasteiger partial charge in [-0.25, -0.2) is 0 Å². The molecule has 0 spiro atoms. The maximum Gasteiger partial charge on any atom is 0.231 e. The lowest BCUT2D eigenvalue weighted by molar-refractivity contribution is -0.119. The van der Waals surface area contributed by atoms with E-state index in [9.17, 15) is 10.1 Å². The lowest BCUT2D eigenvalue weighted by Gasteiger charge is -2.22. The van der Waals surface area contributed by atoms with Crippen LogP contribution in [0.15, 0.2) is 53.7 Å². The predicted octanol–water partition coefficient (Wildman–Crippen LogP) is 4.50. The van der Waals surface area contributed by atoms with Crippen molar-refractivity contribution in [3.8, 4) is 28.9 Å². The number of halogens is 1. The van der Waals surface area contributed by atoms with Crippen LogP contribution in [0.1, 0.15) is 19.8 Å². The van der Waals surface area contributed by atoms with Crippen LogP contribution in [0.3, 0.4) is 0 Å². The monoisotopic (exact) mass is 467 g/mol. The average Bonchev–Trinajstić information content (AvgIpc) is 3.59. The van der Waals surface area contributed by atoms with Crippen LogP contribution in [-0.4, -0.2) is 39.1 Å². The Balaban J connectivity index is 1.60. The molecule has 164 valence electrons. The highest BCUT2D eigenvalue weighted by molar-refractivity contribution is 7.99. The molecule has 32 heavy (non-hydrogen) atoms. The minimum absolute atomic E-state index is 0.123. The first-order chi connectivity index (χ1) is 15.4. The van der Waals surface area contributed by atoms with Crippen LogP contribution in [0.4, 0.5) is 0 Å². The summed E-state index contributed by atoms with van der Waals surface area (Å²) in [7, 11) is 1.62. The van der Waals surface area contributed by atoms with E-state index in [1.807, 2.05) is 41.0 Å². The first-order valence-electron chi connectivity index (χ1n) is 10.1. The number of aromatic nitrogens is 3. The van der Waals surface area contributed by atoms with Crippen molar-refractivity contribution in [1.82, 2.24) is 20.1 Å². The zero-order valence-corrected chi connectivity index (χ0v) is 19.3. The van der Waals surface area contributed by atoms with E-state index in [0.717, 1.165) is 29.8 Å². The number of hydrogen-bond donors (Lipinski definition) is 1. The summed E-state index contributed by atoms with van der Waals surface area (Å²) < 4.78 is 7.13. The smallest absolute Gasteiger partial charge is 0.231 e. The van der Waals surface area contributed by atoms with E-state index in [0.29, 0.717) is 16.0 Å². The zero-order valence-electron chi connectivity index (χ0n) is 17.7. The van der Waals surface area contributed by atoms with Crippen molar-refractivity contribution in [1.29, 1.82) is 5.26 Å². The van der Waals surface area contributed by atoms with Crippen molar-refractivity contribution in [3.05, 3.63) is 53.6 Å². The van der Waals surface area contributed by atoms with Gasteiger partial charge in [-0.3, -0.25) is 9.36 Å². The van der Waals surface area contributed by atoms with Crippen molar-refractivity contribution in [2.24, 2.45) is 5.92 Å². The van der Waals surface area contributed by atoms with E-state index >= 15 is 0 Å². The molecule has 1 aliphatic carbocycles. The van der Waals surface area contributed by atoms with E-state index in [-0.39, 0.29) is 17.6 Å². The predicted molar refractivity (Wildman–Crippen MR) is 124 cm³/mol. The summed E-state index contributed by atoms with van der Waals surface area (Å²) in [4.78, 5) is 12.6. The minimum Gasteiger partial charge on any atom is -0.497 e. The van der Waals surface area contributed by atoms with Crippen LogP contribution >= 0.6 is 23.4 Å². The summed E-state index contributed by atoms with van der Waals surface area (Å²) in [5.74, 6) is 1.52. The third-order valence-corrected chi connectivity index (χ3v) is 6.60. The topological polar surface area (TPSA) is 92.8 Å². The second-order valence-electron chi connectivity index (χ2n) is 7.77. The third kappa shape index (κ3) is 4.74. The normalized spacial score (nSPS) is 14.9. The van der Waals surface area contributed by atoms with E-state index in [4.69, 9.17) is 16.3 Å². The molecule has 7 nitrogen and oxygen atoms in total. The van der Waals surface area contributed by atoms with Crippen LogP contribution in [-0.2, 0) is 4.79 Å². The molecule has 1 atom stereocenters. The molecule has 0 saturated heterocycles. The zero-order chi connectivity index (χ0) is 22.7. The lowest BCUT2D eigenvalue weighted by Crippen LogP contribution is -2.47. The van der Waals surface area contributed by atoms with Crippen LogP contribution < -0.4 is 10.1 Å². The van der Waals surface area contributed by atoms with Crippen molar-refractivity contribution >= 4 is 29.3 Å². The van der Waals surface area contributed by atoms with Crippen LogP contribution in [0.5, 0.6) is 5.75 Å². The number of carbonyl (C=O) groups excluding carboxylic acids is 1. The fourth-order valence-corrected chi connectivity index (χ4v) is 4.33. The van der Waals surface area contributed by atoms with Gasteiger partial charge in [0, 0.05) is 16.3 Å². The van der Waals surface area contributed by atoms with E-state index < -0.39 is 5.54 Å². The van der Waals surface area contributed by atoms with Crippen molar-refractivity contribution < 1.29 is 9.53 Å². The highest BCUT2D eigenvalue weighted by atomic mass is 35.5. The van der Waals surface area contributed by atoms with Gasteiger partial charge < -0.3 is 10.1 Å². The van der Waals surface area contributed by atoms with Gasteiger partial charge in [0.05, 0.1) is 18.9 Å². The number of carbonyl (C=O) groups is 1. The second kappa shape index (κ2) is 9.23. The van der Waals surface area contributed by atoms with E-state index in [2.05, 4.69) is 21.6 Å². The number of thioether (sulfide) groups is 1. The Bertz CT molecular complexity index is 1150. The molecule has 0 aliphatic heterocycles. The minimum atomic E-state index is -0.824. The Hall–Kier alpha value is -3.02. The van der Waals surface area contributed by atoms with Crippen molar-refractivity contribution in [2.75, 3.05) is 12.9 Å². The van der Waals surface area contributed by atoms with Gasteiger partial charge in [-0.05, 0) is 74.2 Å². The summed E-state index contributed by atoms with van der Waals surface area (Å²) >= 11 is 7.34. The molecule has 1 aromatic heterocycles. The van der Waals surface area contributed by atoms with E-state index in [1.54, 1.807) is 26.2 Å². The highest BCUT2D eigenvalue weighted by Gasteiger charge is 2.43. The lowest BCUT2D eigenvalue weighted by atomic mass is 9.98. The molecule has 1 N–H and O–H groups in total. The van der Waals surface area contributed by atoms with Crippen LogP contribution in [0.2, 0.25) is 5.02 Å². The van der Waals surface area contributed by atoms with Crippen LogP contribution in [0.25, 0.3) is 17.1 Å². The maximum atomic E-state index is 12.6. The Morgan fingerprint density at radius 1 is 1.25 bits per heavy atom. The third-order valence-electron chi connectivity index (χ3n) is 5.42.